The Morgan fingerprint density at radius 2 is 2.10 bits per heavy atom. The number of hydrogen-bond donors (Lipinski definition) is 1. The standard InChI is InChI=1S/C13H14F3NO2S/c1-2-3-10-12(17)9-5-4-8(6-11(9)20(10)18)19-7-13(14,15)16/h4-6,10,17H,2-3,7H2,1H3/t10-,20+/m1/s1. The van der Waals surface area contributed by atoms with Crippen molar-refractivity contribution in [2.45, 2.75) is 36.1 Å². The van der Waals surface area contributed by atoms with Gasteiger partial charge in [0.2, 0.25) is 0 Å². The van der Waals surface area contributed by atoms with Gasteiger partial charge in [0.15, 0.2) is 6.61 Å². The molecule has 110 valence electrons. The molecule has 2 rings (SSSR count). The highest BCUT2D eigenvalue weighted by atomic mass is 32.2. The SMILES string of the molecule is CCC[C@@H]1C(=N)c2ccc(OCC(F)(F)F)cc2[S@]1=O. The number of alkyl halides is 3. The molecule has 0 unspecified atom stereocenters. The first-order valence-electron chi connectivity index (χ1n) is 6.16. The maximum atomic E-state index is 12.2. The van der Waals surface area contributed by atoms with E-state index < -0.39 is 23.6 Å². The zero-order valence-electron chi connectivity index (χ0n) is 10.8. The van der Waals surface area contributed by atoms with Gasteiger partial charge in [-0.05, 0) is 24.6 Å². The van der Waals surface area contributed by atoms with Crippen LogP contribution in [0.2, 0.25) is 0 Å². The van der Waals surface area contributed by atoms with E-state index in [0.29, 0.717) is 22.6 Å². The van der Waals surface area contributed by atoms with Crippen molar-refractivity contribution in [3.8, 4) is 5.75 Å². The second kappa shape index (κ2) is 5.55. The molecule has 2 atom stereocenters. The van der Waals surface area contributed by atoms with Gasteiger partial charge in [-0.1, -0.05) is 13.3 Å². The van der Waals surface area contributed by atoms with Gasteiger partial charge < -0.3 is 10.1 Å². The quantitative estimate of drug-likeness (QED) is 0.928. The van der Waals surface area contributed by atoms with Crippen molar-refractivity contribution < 1.29 is 22.1 Å². The molecule has 1 aliphatic rings. The first kappa shape index (κ1) is 15.0. The van der Waals surface area contributed by atoms with Crippen molar-refractivity contribution in [2.24, 2.45) is 0 Å². The molecule has 0 aliphatic carbocycles. The fraction of sp³-hybridized carbons (Fsp3) is 0.462. The summed E-state index contributed by atoms with van der Waals surface area (Å²) in [6.07, 6.45) is -2.99. The molecule has 0 bridgehead atoms. The molecular formula is C13H14F3NO2S. The highest BCUT2D eigenvalue weighted by Crippen LogP contribution is 2.33. The molecule has 0 aromatic heterocycles. The van der Waals surface area contributed by atoms with E-state index in [9.17, 15) is 17.4 Å². The molecule has 0 spiro atoms. The number of fused-ring (bicyclic) bond motifs is 1. The minimum atomic E-state index is -4.41. The average molecular weight is 305 g/mol. The molecule has 0 saturated heterocycles. The second-order valence-electron chi connectivity index (χ2n) is 4.55. The maximum Gasteiger partial charge on any atom is 0.422 e. The molecule has 1 aliphatic heterocycles. The molecule has 1 heterocycles. The van der Waals surface area contributed by atoms with E-state index in [-0.39, 0.29) is 11.0 Å². The van der Waals surface area contributed by atoms with Gasteiger partial charge in [0.05, 0.1) is 26.7 Å². The Labute approximate surface area is 117 Å². The van der Waals surface area contributed by atoms with Crippen molar-refractivity contribution in [3.05, 3.63) is 23.8 Å². The first-order valence-corrected chi connectivity index (χ1v) is 7.37. The summed E-state index contributed by atoms with van der Waals surface area (Å²) < 4.78 is 53.2. The fourth-order valence-corrected chi connectivity index (χ4v) is 3.82. The van der Waals surface area contributed by atoms with Gasteiger partial charge >= 0.3 is 6.18 Å². The Morgan fingerprint density at radius 3 is 2.70 bits per heavy atom. The topological polar surface area (TPSA) is 50.1 Å². The van der Waals surface area contributed by atoms with Crippen LogP contribution < -0.4 is 4.74 Å². The van der Waals surface area contributed by atoms with Gasteiger partial charge in [0.25, 0.3) is 0 Å². The van der Waals surface area contributed by atoms with Crippen LogP contribution in [0.4, 0.5) is 13.2 Å². The van der Waals surface area contributed by atoms with Gasteiger partial charge in [0, 0.05) is 5.56 Å². The third-order valence-corrected chi connectivity index (χ3v) is 4.75. The Balaban J connectivity index is 2.22. The third kappa shape index (κ3) is 3.03. The van der Waals surface area contributed by atoms with E-state index in [2.05, 4.69) is 4.74 Å². The Hall–Kier alpha value is -1.37. The van der Waals surface area contributed by atoms with Crippen LogP contribution in [0, 0.1) is 5.41 Å². The predicted molar refractivity (Wildman–Crippen MR) is 69.9 cm³/mol. The highest BCUT2D eigenvalue weighted by molar-refractivity contribution is 7.87. The zero-order valence-corrected chi connectivity index (χ0v) is 11.6. The van der Waals surface area contributed by atoms with Crippen molar-refractivity contribution in [1.29, 1.82) is 5.41 Å². The lowest BCUT2D eigenvalue weighted by atomic mass is 10.0. The van der Waals surface area contributed by atoms with Gasteiger partial charge in [0.1, 0.15) is 5.75 Å². The summed E-state index contributed by atoms with van der Waals surface area (Å²) in [5.74, 6) is 0.0272. The summed E-state index contributed by atoms with van der Waals surface area (Å²) in [6.45, 7) is 0.555. The lowest BCUT2D eigenvalue weighted by Crippen LogP contribution is -2.19. The second-order valence-corrected chi connectivity index (χ2v) is 6.15. The van der Waals surface area contributed by atoms with Crippen molar-refractivity contribution in [2.75, 3.05) is 6.61 Å². The Morgan fingerprint density at radius 1 is 1.40 bits per heavy atom. The van der Waals surface area contributed by atoms with E-state index in [0.717, 1.165) is 6.42 Å². The third-order valence-electron chi connectivity index (χ3n) is 2.99. The monoisotopic (exact) mass is 305 g/mol. The fourth-order valence-electron chi connectivity index (χ4n) is 2.09. The van der Waals surface area contributed by atoms with Gasteiger partial charge in [-0.3, -0.25) is 4.21 Å². The number of nitrogens with one attached hydrogen (secondary N) is 1. The summed E-state index contributed by atoms with van der Waals surface area (Å²) in [6, 6.07) is 4.24. The molecule has 3 nitrogen and oxygen atoms in total. The van der Waals surface area contributed by atoms with Crippen LogP contribution in [0.1, 0.15) is 25.3 Å². The van der Waals surface area contributed by atoms with E-state index in [1.165, 1.54) is 18.2 Å². The van der Waals surface area contributed by atoms with Gasteiger partial charge in [-0.15, -0.1) is 0 Å². The smallest absolute Gasteiger partial charge is 0.422 e. The van der Waals surface area contributed by atoms with Crippen LogP contribution in [0.5, 0.6) is 5.75 Å². The number of hydrogen-bond acceptors (Lipinski definition) is 3. The van der Waals surface area contributed by atoms with Crippen LogP contribution in [0.15, 0.2) is 23.1 Å². The van der Waals surface area contributed by atoms with Crippen molar-refractivity contribution in [1.82, 2.24) is 0 Å². The summed E-state index contributed by atoms with van der Waals surface area (Å²) in [4.78, 5) is 0.396. The molecule has 7 heteroatoms. The largest absolute Gasteiger partial charge is 0.484 e. The molecule has 0 fully saturated rings. The van der Waals surface area contributed by atoms with Gasteiger partial charge in [-0.25, -0.2) is 0 Å². The van der Waals surface area contributed by atoms with Crippen LogP contribution in [0.3, 0.4) is 0 Å². The number of halogens is 3. The molecule has 0 radical (unpaired) electrons. The van der Waals surface area contributed by atoms with Gasteiger partial charge in [-0.2, -0.15) is 13.2 Å². The van der Waals surface area contributed by atoms with Crippen LogP contribution in [-0.4, -0.2) is 28.0 Å². The van der Waals surface area contributed by atoms with Crippen molar-refractivity contribution in [3.63, 3.8) is 0 Å². The molecule has 20 heavy (non-hydrogen) atoms. The van der Waals surface area contributed by atoms with E-state index in [4.69, 9.17) is 5.41 Å². The Bertz CT molecular complexity index is 557. The van der Waals surface area contributed by atoms with Crippen molar-refractivity contribution >= 4 is 16.5 Å². The molecule has 0 saturated carbocycles. The highest BCUT2D eigenvalue weighted by Gasteiger charge is 2.34. The lowest BCUT2D eigenvalue weighted by molar-refractivity contribution is -0.153. The average Bonchev–Trinajstić information content (AvgIpc) is 2.61. The summed E-state index contributed by atoms with van der Waals surface area (Å²) in [7, 11) is -1.39. The maximum absolute atomic E-state index is 12.2. The molecule has 1 N–H and O–H groups in total. The normalized spacial score (nSPS) is 21.9. The number of benzene rings is 1. The van der Waals surface area contributed by atoms with Crippen LogP contribution in [0.25, 0.3) is 0 Å². The minimum absolute atomic E-state index is 0.0272. The summed E-state index contributed by atoms with van der Waals surface area (Å²) in [5, 5.41) is 7.61. The predicted octanol–water partition coefficient (Wildman–Crippen LogP) is 3.29. The van der Waals surface area contributed by atoms with E-state index >= 15 is 0 Å². The Kier molecular flexibility index (Phi) is 4.17. The first-order chi connectivity index (χ1) is 9.33. The zero-order chi connectivity index (χ0) is 14.9. The number of ether oxygens (including phenoxy) is 1. The summed E-state index contributed by atoms with van der Waals surface area (Å²) >= 11 is 0. The van der Waals surface area contributed by atoms with E-state index in [1.54, 1.807) is 0 Å². The molecule has 1 aromatic rings. The minimum Gasteiger partial charge on any atom is -0.484 e. The molecular weight excluding hydrogens is 291 g/mol. The van der Waals surface area contributed by atoms with Crippen LogP contribution >= 0.6 is 0 Å². The molecule has 1 aromatic carbocycles. The lowest BCUT2D eigenvalue weighted by Gasteiger charge is -2.09. The number of rotatable bonds is 4. The molecule has 0 amide bonds. The summed E-state index contributed by atoms with van der Waals surface area (Å²) in [5.41, 5.74) is 0.837. The van der Waals surface area contributed by atoms with E-state index in [1.807, 2.05) is 6.92 Å². The van der Waals surface area contributed by atoms with Crippen LogP contribution in [-0.2, 0) is 10.8 Å².